The van der Waals surface area contributed by atoms with E-state index in [1.54, 1.807) is 11.3 Å². The standard InChI is InChI=1S/C13H13Br2NS/c1-2-11(13-4-3-7-17-13)16-12-6-5-9(14)8-10(12)15/h3-8,11,16H,2H2,1H3. The van der Waals surface area contributed by atoms with E-state index in [9.17, 15) is 0 Å². The molecule has 1 nitrogen and oxygen atoms in total. The molecule has 90 valence electrons. The predicted octanol–water partition coefficient (Wildman–Crippen LogP) is 5.84. The number of halogens is 2. The van der Waals surface area contributed by atoms with Gasteiger partial charge >= 0.3 is 0 Å². The third-order valence-corrected chi connectivity index (χ3v) is 4.69. The third-order valence-electron chi connectivity index (χ3n) is 2.56. The van der Waals surface area contributed by atoms with Gasteiger partial charge in [0, 0.05) is 19.5 Å². The Bertz CT molecular complexity index is 482. The van der Waals surface area contributed by atoms with Gasteiger partial charge in [0.25, 0.3) is 0 Å². The zero-order valence-electron chi connectivity index (χ0n) is 9.41. The van der Waals surface area contributed by atoms with Crippen LogP contribution in [-0.4, -0.2) is 0 Å². The van der Waals surface area contributed by atoms with Gasteiger partial charge in [0.2, 0.25) is 0 Å². The molecule has 0 aliphatic heterocycles. The fourth-order valence-corrected chi connectivity index (χ4v) is 3.68. The van der Waals surface area contributed by atoms with Crippen molar-refractivity contribution in [2.75, 3.05) is 5.32 Å². The van der Waals surface area contributed by atoms with Gasteiger partial charge in [-0.2, -0.15) is 0 Å². The highest BCUT2D eigenvalue weighted by molar-refractivity contribution is 9.11. The molecule has 1 unspecified atom stereocenters. The molecule has 0 radical (unpaired) electrons. The molecule has 1 heterocycles. The summed E-state index contributed by atoms with van der Waals surface area (Å²) >= 11 is 8.84. The van der Waals surface area contributed by atoms with Crippen LogP contribution in [0.3, 0.4) is 0 Å². The Morgan fingerprint density at radius 1 is 1.29 bits per heavy atom. The summed E-state index contributed by atoms with van der Waals surface area (Å²) < 4.78 is 2.17. The first-order valence-electron chi connectivity index (χ1n) is 5.45. The second kappa shape index (κ2) is 6.03. The minimum absolute atomic E-state index is 0.382. The molecule has 0 fully saturated rings. The summed E-state index contributed by atoms with van der Waals surface area (Å²) in [5.74, 6) is 0. The van der Waals surface area contributed by atoms with Crippen LogP contribution in [0.1, 0.15) is 24.3 Å². The first-order valence-corrected chi connectivity index (χ1v) is 7.92. The molecule has 17 heavy (non-hydrogen) atoms. The Hall–Kier alpha value is -0.320. The molecule has 0 saturated carbocycles. The molecule has 1 aromatic carbocycles. The molecule has 2 rings (SSSR count). The van der Waals surface area contributed by atoms with Crippen LogP contribution in [0, 0.1) is 0 Å². The number of rotatable bonds is 4. The van der Waals surface area contributed by atoms with E-state index < -0.39 is 0 Å². The van der Waals surface area contributed by atoms with E-state index in [1.165, 1.54) is 4.88 Å². The van der Waals surface area contributed by atoms with Gasteiger partial charge in [0.15, 0.2) is 0 Å². The quantitative estimate of drug-likeness (QED) is 0.709. The van der Waals surface area contributed by atoms with Crippen molar-refractivity contribution < 1.29 is 0 Å². The van der Waals surface area contributed by atoms with Crippen molar-refractivity contribution in [1.29, 1.82) is 0 Å². The number of thiophene rings is 1. The molecule has 4 heteroatoms. The van der Waals surface area contributed by atoms with E-state index in [0.717, 1.165) is 21.1 Å². The molecule has 0 bridgehead atoms. The van der Waals surface area contributed by atoms with Gasteiger partial charge in [-0.1, -0.05) is 28.9 Å². The highest BCUT2D eigenvalue weighted by Crippen LogP contribution is 2.31. The van der Waals surface area contributed by atoms with E-state index in [2.05, 4.69) is 73.7 Å². The molecular formula is C13H13Br2NS. The minimum atomic E-state index is 0.382. The summed E-state index contributed by atoms with van der Waals surface area (Å²) in [6.45, 7) is 2.20. The zero-order chi connectivity index (χ0) is 12.3. The summed E-state index contributed by atoms with van der Waals surface area (Å²) in [6.07, 6.45) is 1.07. The Morgan fingerprint density at radius 3 is 2.71 bits per heavy atom. The van der Waals surface area contributed by atoms with E-state index in [4.69, 9.17) is 0 Å². The number of benzene rings is 1. The second-order valence-corrected chi connectivity index (χ2v) is 6.49. The highest BCUT2D eigenvalue weighted by atomic mass is 79.9. The molecule has 0 aliphatic carbocycles. The molecular weight excluding hydrogens is 362 g/mol. The first-order chi connectivity index (χ1) is 8.20. The SMILES string of the molecule is CCC(Nc1ccc(Br)cc1Br)c1cccs1. The normalized spacial score (nSPS) is 12.4. The van der Waals surface area contributed by atoms with Gasteiger partial charge in [0.05, 0.1) is 6.04 Å². The maximum Gasteiger partial charge on any atom is 0.0604 e. The van der Waals surface area contributed by atoms with Crippen molar-refractivity contribution >= 4 is 48.9 Å². The summed E-state index contributed by atoms with van der Waals surface area (Å²) in [5.41, 5.74) is 1.13. The smallest absolute Gasteiger partial charge is 0.0604 e. The van der Waals surface area contributed by atoms with Crippen LogP contribution in [0.2, 0.25) is 0 Å². The van der Waals surface area contributed by atoms with Gasteiger partial charge in [-0.25, -0.2) is 0 Å². The predicted molar refractivity (Wildman–Crippen MR) is 82.8 cm³/mol. The summed E-state index contributed by atoms with van der Waals surface area (Å²) in [6, 6.07) is 10.9. The van der Waals surface area contributed by atoms with Crippen LogP contribution in [0.15, 0.2) is 44.7 Å². The van der Waals surface area contributed by atoms with Gasteiger partial charge in [-0.15, -0.1) is 11.3 Å². The second-order valence-electron chi connectivity index (χ2n) is 3.74. The molecule has 1 aromatic heterocycles. The molecule has 0 saturated heterocycles. The largest absolute Gasteiger partial charge is 0.377 e. The van der Waals surface area contributed by atoms with Crippen LogP contribution in [0.25, 0.3) is 0 Å². The van der Waals surface area contributed by atoms with Crippen molar-refractivity contribution in [3.63, 3.8) is 0 Å². The van der Waals surface area contributed by atoms with Gasteiger partial charge in [0.1, 0.15) is 0 Å². The lowest BCUT2D eigenvalue weighted by Gasteiger charge is -2.18. The van der Waals surface area contributed by atoms with Gasteiger partial charge < -0.3 is 5.32 Å². The van der Waals surface area contributed by atoms with E-state index in [1.807, 2.05) is 6.07 Å². The fraction of sp³-hybridized carbons (Fsp3) is 0.231. The maximum atomic E-state index is 3.58. The Kier molecular flexibility index (Phi) is 4.65. The van der Waals surface area contributed by atoms with Crippen molar-refractivity contribution in [2.24, 2.45) is 0 Å². The van der Waals surface area contributed by atoms with Crippen LogP contribution in [0.5, 0.6) is 0 Å². The lowest BCUT2D eigenvalue weighted by molar-refractivity contribution is 0.763. The Balaban J connectivity index is 2.19. The lowest BCUT2D eigenvalue weighted by atomic mass is 10.1. The molecule has 0 amide bonds. The average Bonchev–Trinajstić information content (AvgIpc) is 2.81. The van der Waals surface area contributed by atoms with Crippen LogP contribution in [0.4, 0.5) is 5.69 Å². The molecule has 0 spiro atoms. The average molecular weight is 375 g/mol. The maximum absolute atomic E-state index is 3.58. The summed E-state index contributed by atoms with van der Waals surface area (Å²) in [7, 11) is 0. The summed E-state index contributed by atoms with van der Waals surface area (Å²) in [4.78, 5) is 1.38. The van der Waals surface area contributed by atoms with Crippen molar-refractivity contribution in [3.8, 4) is 0 Å². The number of hydrogen-bond acceptors (Lipinski definition) is 2. The Labute approximate surface area is 123 Å². The van der Waals surface area contributed by atoms with Crippen molar-refractivity contribution in [3.05, 3.63) is 49.5 Å². The highest BCUT2D eigenvalue weighted by Gasteiger charge is 2.11. The van der Waals surface area contributed by atoms with E-state index >= 15 is 0 Å². The number of nitrogens with one attached hydrogen (secondary N) is 1. The fourth-order valence-electron chi connectivity index (χ4n) is 1.66. The van der Waals surface area contributed by atoms with Gasteiger partial charge in [-0.05, 0) is 52.0 Å². The van der Waals surface area contributed by atoms with Crippen molar-refractivity contribution in [2.45, 2.75) is 19.4 Å². The molecule has 1 N–H and O–H groups in total. The van der Waals surface area contributed by atoms with Crippen LogP contribution < -0.4 is 5.32 Å². The monoisotopic (exact) mass is 373 g/mol. The van der Waals surface area contributed by atoms with Crippen molar-refractivity contribution in [1.82, 2.24) is 0 Å². The van der Waals surface area contributed by atoms with Crippen LogP contribution >= 0.6 is 43.2 Å². The topological polar surface area (TPSA) is 12.0 Å². The van der Waals surface area contributed by atoms with E-state index in [-0.39, 0.29) is 0 Å². The minimum Gasteiger partial charge on any atom is -0.377 e. The zero-order valence-corrected chi connectivity index (χ0v) is 13.4. The summed E-state index contributed by atoms with van der Waals surface area (Å²) in [5, 5.41) is 5.69. The molecule has 1 atom stereocenters. The number of hydrogen-bond donors (Lipinski definition) is 1. The first kappa shape index (κ1) is 13.1. The molecule has 2 aromatic rings. The van der Waals surface area contributed by atoms with E-state index in [0.29, 0.717) is 6.04 Å². The number of anilines is 1. The van der Waals surface area contributed by atoms with Crippen LogP contribution in [-0.2, 0) is 0 Å². The third kappa shape index (κ3) is 3.33. The Morgan fingerprint density at radius 2 is 2.12 bits per heavy atom. The van der Waals surface area contributed by atoms with Gasteiger partial charge in [-0.3, -0.25) is 0 Å². The molecule has 0 aliphatic rings. The lowest BCUT2D eigenvalue weighted by Crippen LogP contribution is -2.08.